The number of nitrogens with zero attached hydrogens (tertiary/aromatic N) is 3. The van der Waals surface area contributed by atoms with Crippen LogP contribution in [0.3, 0.4) is 0 Å². The average molecular weight is 298 g/mol. The number of rotatable bonds is 6. The van der Waals surface area contributed by atoms with Crippen LogP contribution < -0.4 is 5.32 Å². The molecule has 1 aromatic heterocycles. The highest BCUT2D eigenvalue weighted by molar-refractivity contribution is 5.94. The molecule has 1 heterocycles. The second-order valence-electron chi connectivity index (χ2n) is 5.94. The normalized spacial score (nSPS) is 15.1. The molecule has 1 fully saturated rings. The minimum atomic E-state index is -0.00318. The average Bonchev–Trinajstić information content (AvgIpc) is 3.25. The zero-order chi connectivity index (χ0) is 15.2. The molecule has 5 heteroatoms. The van der Waals surface area contributed by atoms with E-state index in [9.17, 15) is 4.79 Å². The molecular formula is C17H22N4O. The maximum absolute atomic E-state index is 12.1. The highest BCUT2D eigenvalue weighted by Gasteiger charge is 2.14. The molecular weight excluding hydrogens is 276 g/mol. The standard InChI is InChI=1S/C17H22N4O/c22-17(19-11-3-6-14-4-1-2-5-14)15-7-9-16(10-8-15)21-13-18-12-20-21/h7-10,12-14H,1-6,11H2,(H,19,22). The van der Waals surface area contributed by atoms with E-state index in [0.717, 1.165) is 24.6 Å². The van der Waals surface area contributed by atoms with E-state index in [1.165, 1.54) is 38.4 Å². The summed E-state index contributed by atoms with van der Waals surface area (Å²) in [6.07, 6.45) is 11.0. The van der Waals surface area contributed by atoms with Crippen molar-refractivity contribution in [3.63, 3.8) is 0 Å². The fourth-order valence-electron chi connectivity index (χ4n) is 3.10. The van der Waals surface area contributed by atoms with Crippen molar-refractivity contribution < 1.29 is 4.79 Å². The van der Waals surface area contributed by atoms with Gasteiger partial charge < -0.3 is 5.32 Å². The van der Waals surface area contributed by atoms with Gasteiger partial charge in [-0.05, 0) is 43.0 Å². The molecule has 22 heavy (non-hydrogen) atoms. The zero-order valence-electron chi connectivity index (χ0n) is 12.7. The van der Waals surface area contributed by atoms with Crippen LogP contribution in [0, 0.1) is 5.92 Å². The van der Waals surface area contributed by atoms with E-state index in [1.54, 1.807) is 11.0 Å². The van der Waals surface area contributed by atoms with E-state index in [0.29, 0.717) is 5.56 Å². The molecule has 1 aromatic carbocycles. The summed E-state index contributed by atoms with van der Waals surface area (Å²) in [6, 6.07) is 7.40. The van der Waals surface area contributed by atoms with E-state index in [4.69, 9.17) is 0 Å². The molecule has 1 amide bonds. The quantitative estimate of drug-likeness (QED) is 0.834. The summed E-state index contributed by atoms with van der Waals surface area (Å²) in [5.41, 5.74) is 1.58. The summed E-state index contributed by atoms with van der Waals surface area (Å²) in [5.74, 6) is 0.885. The van der Waals surface area contributed by atoms with Gasteiger partial charge >= 0.3 is 0 Å². The summed E-state index contributed by atoms with van der Waals surface area (Å²) in [6.45, 7) is 0.764. The topological polar surface area (TPSA) is 59.8 Å². The molecule has 0 unspecified atom stereocenters. The van der Waals surface area contributed by atoms with Gasteiger partial charge in [-0.25, -0.2) is 9.67 Å². The predicted octanol–water partition coefficient (Wildman–Crippen LogP) is 2.97. The van der Waals surface area contributed by atoms with Crippen molar-refractivity contribution in [2.24, 2.45) is 5.92 Å². The molecule has 0 bridgehead atoms. The van der Waals surface area contributed by atoms with Crippen molar-refractivity contribution in [3.8, 4) is 5.69 Å². The number of nitrogens with one attached hydrogen (secondary N) is 1. The zero-order valence-corrected chi connectivity index (χ0v) is 12.7. The number of carbonyl (C=O) groups excluding carboxylic acids is 1. The molecule has 0 atom stereocenters. The first-order valence-corrected chi connectivity index (χ1v) is 8.06. The van der Waals surface area contributed by atoms with Crippen molar-refractivity contribution in [1.29, 1.82) is 0 Å². The minimum absolute atomic E-state index is 0.00318. The number of aromatic nitrogens is 3. The molecule has 1 saturated carbocycles. The van der Waals surface area contributed by atoms with Gasteiger partial charge in [0, 0.05) is 12.1 Å². The van der Waals surface area contributed by atoms with Crippen LogP contribution in [0.2, 0.25) is 0 Å². The fraction of sp³-hybridized carbons (Fsp3) is 0.471. The summed E-state index contributed by atoms with van der Waals surface area (Å²) < 4.78 is 1.67. The van der Waals surface area contributed by atoms with Crippen molar-refractivity contribution in [3.05, 3.63) is 42.5 Å². The van der Waals surface area contributed by atoms with Crippen LogP contribution in [0.15, 0.2) is 36.9 Å². The van der Waals surface area contributed by atoms with Crippen LogP contribution in [0.25, 0.3) is 5.69 Å². The van der Waals surface area contributed by atoms with Crippen LogP contribution >= 0.6 is 0 Å². The van der Waals surface area contributed by atoms with Gasteiger partial charge in [0.2, 0.25) is 0 Å². The number of hydrogen-bond acceptors (Lipinski definition) is 3. The molecule has 2 aromatic rings. The molecule has 1 N–H and O–H groups in total. The van der Waals surface area contributed by atoms with E-state index in [1.807, 2.05) is 24.3 Å². The second-order valence-corrected chi connectivity index (χ2v) is 5.94. The second kappa shape index (κ2) is 7.20. The predicted molar refractivity (Wildman–Crippen MR) is 84.9 cm³/mol. The van der Waals surface area contributed by atoms with Gasteiger partial charge in [-0.3, -0.25) is 4.79 Å². The Morgan fingerprint density at radius 2 is 2.00 bits per heavy atom. The van der Waals surface area contributed by atoms with E-state index >= 15 is 0 Å². The summed E-state index contributed by atoms with van der Waals surface area (Å²) >= 11 is 0. The van der Waals surface area contributed by atoms with E-state index in [2.05, 4.69) is 15.4 Å². The third-order valence-corrected chi connectivity index (χ3v) is 4.36. The molecule has 0 radical (unpaired) electrons. The van der Waals surface area contributed by atoms with Gasteiger partial charge in [0.1, 0.15) is 12.7 Å². The third-order valence-electron chi connectivity index (χ3n) is 4.36. The van der Waals surface area contributed by atoms with Crippen LogP contribution in [0.4, 0.5) is 0 Å². The van der Waals surface area contributed by atoms with Gasteiger partial charge in [0.25, 0.3) is 5.91 Å². The number of amides is 1. The molecule has 0 saturated heterocycles. The number of carbonyl (C=O) groups is 1. The monoisotopic (exact) mass is 298 g/mol. The largest absolute Gasteiger partial charge is 0.352 e. The lowest BCUT2D eigenvalue weighted by Crippen LogP contribution is -2.24. The van der Waals surface area contributed by atoms with Crippen LogP contribution in [0.1, 0.15) is 48.9 Å². The van der Waals surface area contributed by atoms with Crippen LogP contribution in [-0.4, -0.2) is 27.2 Å². The molecule has 0 aliphatic heterocycles. The summed E-state index contributed by atoms with van der Waals surface area (Å²) in [7, 11) is 0. The van der Waals surface area contributed by atoms with E-state index in [-0.39, 0.29) is 5.91 Å². The van der Waals surface area contributed by atoms with Crippen LogP contribution in [-0.2, 0) is 0 Å². The summed E-state index contributed by atoms with van der Waals surface area (Å²) in [5, 5.41) is 7.07. The van der Waals surface area contributed by atoms with Gasteiger partial charge in [-0.15, -0.1) is 0 Å². The van der Waals surface area contributed by atoms with Crippen LogP contribution in [0.5, 0.6) is 0 Å². The Kier molecular flexibility index (Phi) is 4.83. The van der Waals surface area contributed by atoms with Gasteiger partial charge in [-0.2, -0.15) is 5.10 Å². The highest BCUT2D eigenvalue weighted by Crippen LogP contribution is 2.28. The van der Waals surface area contributed by atoms with Gasteiger partial charge in [0.05, 0.1) is 5.69 Å². The Bertz CT molecular complexity index is 586. The first-order valence-electron chi connectivity index (χ1n) is 8.06. The lowest BCUT2D eigenvalue weighted by molar-refractivity contribution is 0.0952. The lowest BCUT2D eigenvalue weighted by atomic mass is 10.0. The molecule has 116 valence electrons. The van der Waals surface area contributed by atoms with Crippen molar-refractivity contribution in [2.75, 3.05) is 6.54 Å². The maximum atomic E-state index is 12.1. The molecule has 0 spiro atoms. The Morgan fingerprint density at radius 1 is 1.23 bits per heavy atom. The van der Waals surface area contributed by atoms with Crippen molar-refractivity contribution >= 4 is 5.91 Å². The SMILES string of the molecule is O=C(NCCCC1CCCC1)c1ccc(-n2cncn2)cc1. The third kappa shape index (κ3) is 3.72. The summed E-state index contributed by atoms with van der Waals surface area (Å²) in [4.78, 5) is 16.0. The van der Waals surface area contributed by atoms with Gasteiger partial charge in [0.15, 0.2) is 0 Å². The lowest BCUT2D eigenvalue weighted by Gasteiger charge is -2.09. The van der Waals surface area contributed by atoms with Crippen molar-refractivity contribution in [1.82, 2.24) is 20.1 Å². The molecule has 1 aliphatic carbocycles. The highest BCUT2D eigenvalue weighted by atomic mass is 16.1. The molecule has 1 aliphatic rings. The van der Waals surface area contributed by atoms with Gasteiger partial charge in [-0.1, -0.05) is 25.7 Å². The Labute approximate surface area is 130 Å². The minimum Gasteiger partial charge on any atom is -0.352 e. The van der Waals surface area contributed by atoms with E-state index < -0.39 is 0 Å². The Balaban J connectivity index is 1.45. The van der Waals surface area contributed by atoms with Crippen molar-refractivity contribution in [2.45, 2.75) is 38.5 Å². The number of hydrogen-bond donors (Lipinski definition) is 1. The number of benzene rings is 1. The maximum Gasteiger partial charge on any atom is 0.251 e. The molecule has 5 nitrogen and oxygen atoms in total. The first-order chi connectivity index (χ1) is 10.8. The first kappa shape index (κ1) is 14.8. The molecule has 3 rings (SSSR count). The smallest absolute Gasteiger partial charge is 0.251 e. The Hall–Kier alpha value is -2.17. The fourth-order valence-corrected chi connectivity index (χ4v) is 3.10. The Morgan fingerprint density at radius 3 is 2.68 bits per heavy atom.